The average molecular weight is 633 g/mol. The van der Waals surface area contributed by atoms with Gasteiger partial charge in [-0.3, -0.25) is 14.5 Å². The number of piperidine rings is 1. The first-order chi connectivity index (χ1) is 21.0. The lowest BCUT2D eigenvalue weighted by atomic mass is 9.96. The van der Waals surface area contributed by atoms with Crippen molar-refractivity contribution in [3.05, 3.63) is 82.8 Å². The molecule has 0 unspecified atom stereocenters. The molecular weight excluding hydrogens is 604 g/mol. The molecule has 0 saturated carbocycles. The lowest BCUT2D eigenvalue weighted by molar-refractivity contribution is -0.184. The second-order valence-corrected chi connectivity index (χ2v) is 11.0. The number of likely N-dealkylation sites (tertiary alicyclic amines) is 1. The van der Waals surface area contributed by atoms with Crippen molar-refractivity contribution in [3.8, 4) is 11.3 Å². The fourth-order valence-electron chi connectivity index (χ4n) is 5.06. The molecule has 44 heavy (non-hydrogen) atoms. The van der Waals surface area contributed by atoms with Gasteiger partial charge in [-0.15, -0.1) is 0 Å². The lowest BCUT2D eigenvalue weighted by Gasteiger charge is -2.32. The number of carbonyl (C=O) groups is 2. The Balaban J connectivity index is 1.19. The predicted octanol–water partition coefficient (Wildman–Crippen LogP) is 5.26. The summed E-state index contributed by atoms with van der Waals surface area (Å²) in [6.45, 7) is 0.368. The van der Waals surface area contributed by atoms with Gasteiger partial charge in [-0.1, -0.05) is 29.8 Å². The quantitative estimate of drug-likeness (QED) is 0.217. The van der Waals surface area contributed by atoms with Gasteiger partial charge in [0.15, 0.2) is 11.5 Å². The SMILES string of the molecule is O=C(CN1CCC(C(F)(F)F)CC1)Nc1cn2nc(-c3cccc(C(=O)NCC[C@@H](O)c4ccc(Cl)cc4)c3F)ccc2n1. The van der Waals surface area contributed by atoms with Crippen LogP contribution >= 0.6 is 11.6 Å². The van der Waals surface area contributed by atoms with Gasteiger partial charge in [-0.05, 0) is 74.3 Å². The number of aliphatic hydroxyl groups excluding tert-OH is 1. The van der Waals surface area contributed by atoms with E-state index in [4.69, 9.17) is 11.6 Å². The van der Waals surface area contributed by atoms with E-state index in [2.05, 4.69) is 20.7 Å². The highest BCUT2D eigenvalue weighted by molar-refractivity contribution is 6.30. The zero-order chi connectivity index (χ0) is 31.4. The maximum atomic E-state index is 15.5. The van der Waals surface area contributed by atoms with Gasteiger partial charge in [-0.2, -0.15) is 18.3 Å². The molecule has 0 aliphatic carbocycles. The van der Waals surface area contributed by atoms with Crippen molar-refractivity contribution in [2.24, 2.45) is 5.92 Å². The Bertz CT molecular complexity index is 1640. The Morgan fingerprint density at radius 1 is 1.07 bits per heavy atom. The third-order valence-corrected chi connectivity index (χ3v) is 7.73. The predicted molar refractivity (Wildman–Crippen MR) is 156 cm³/mol. The first-order valence-corrected chi connectivity index (χ1v) is 14.3. The van der Waals surface area contributed by atoms with Crippen LogP contribution in [0.15, 0.2) is 60.8 Å². The van der Waals surface area contributed by atoms with Crippen LogP contribution in [-0.4, -0.2) is 68.8 Å². The van der Waals surface area contributed by atoms with Gasteiger partial charge in [0, 0.05) is 17.1 Å². The highest BCUT2D eigenvalue weighted by Crippen LogP contribution is 2.34. The van der Waals surface area contributed by atoms with Crippen LogP contribution in [0.3, 0.4) is 0 Å². The van der Waals surface area contributed by atoms with E-state index in [1.54, 1.807) is 35.2 Å². The minimum absolute atomic E-state index is 0.0509. The topological polar surface area (TPSA) is 112 Å². The zero-order valence-electron chi connectivity index (χ0n) is 23.3. The Morgan fingerprint density at radius 2 is 1.80 bits per heavy atom. The number of imidazole rings is 1. The number of halogens is 5. The van der Waals surface area contributed by atoms with Crippen molar-refractivity contribution >= 4 is 34.9 Å². The molecule has 2 amide bonds. The summed E-state index contributed by atoms with van der Waals surface area (Å²) in [5.41, 5.74) is 1.10. The fourth-order valence-corrected chi connectivity index (χ4v) is 5.19. The number of hydrogen-bond donors (Lipinski definition) is 3. The maximum absolute atomic E-state index is 15.5. The number of aromatic nitrogens is 3. The third kappa shape index (κ3) is 7.52. The molecule has 0 spiro atoms. The Kier molecular flexibility index (Phi) is 9.47. The summed E-state index contributed by atoms with van der Waals surface area (Å²) in [6.07, 6.45) is -3.51. The fraction of sp³-hybridized carbons (Fsp3) is 0.333. The van der Waals surface area contributed by atoms with Gasteiger partial charge in [0.25, 0.3) is 5.91 Å². The van der Waals surface area contributed by atoms with Gasteiger partial charge < -0.3 is 15.7 Å². The number of amides is 2. The molecule has 2 aromatic carbocycles. The van der Waals surface area contributed by atoms with Crippen LogP contribution in [0.2, 0.25) is 5.02 Å². The van der Waals surface area contributed by atoms with Crippen LogP contribution in [0, 0.1) is 11.7 Å². The molecule has 5 rings (SSSR count). The van der Waals surface area contributed by atoms with E-state index in [9.17, 15) is 27.9 Å². The van der Waals surface area contributed by atoms with Crippen molar-refractivity contribution < 1.29 is 32.3 Å². The molecule has 14 heteroatoms. The van der Waals surface area contributed by atoms with E-state index < -0.39 is 35.8 Å². The first-order valence-electron chi connectivity index (χ1n) is 13.9. The molecule has 2 aromatic heterocycles. The maximum Gasteiger partial charge on any atom is 0.391 e. The second-order valence-electron chi connectivity index (χ2n) is 10.6. The van der Waals surface area contributed by atoms with Gasteiger partial charge >= 0.3 is 6.18 Å². The smallest absolute Gasteiger partial charge is 0.388 e. The third-order valence-electron chi connectivity index (χ3n) is 7.48. The largest absolute Gasteiger partial charge is 0.391 e. The molecule has 0 radical (unpaired) electrons. The van der Waals surface area contributed by atoms with Gasteiger partial charge in [0.05, 0.1) is 36.0 Å². The molecule has 0 bridgehead atoms. The second kappa shape index (κ2) is 13.3. The van der Waals surface area contributed by atoms with Crippen molar-refractivity contribution in [3.63, 3.8) is 0 Å². The summed E-state index contributed by atoms with van der Waals surface area (Å²) in [6, 6.07) is 14.1. The van der Waals surface area contributed by atoms with Crippen LogP contribution in [0.25, 0.3) is 16.9 Å². The zero-order valence-corrected chi connectivity index (χ0v) is 24.1. The number of nitrogens with one attached hydrogen (secondary N) is 2. The van der Waals surface area contributed by atoms with Crippen LogP contribution in [0.1, 0.15) is 41.3 Å². The molecule has 1 aliphatic heterocycles. The Hall–Kier alpha value is -4.07. The summed E-state index contributed by atoms with van der Waals surface area (Å²) in [5.74, 6) is -3.02. The highest BCUT2D eigenvalue weighted by Gasteiger charge is 2.41. The van der Waals surface area contributed by atoms with Gasteiger partial charge in [-0.25, -0.2) is 13.9 Å². The standard InChI is InChI=1S/C30H29ClF4N6O3/c31-20-6-4-18(5-7-20)24(42)10-13-36-29(44)22-3-1-2-21(28(22)32)23-8-9-26-37-25(16-41(26)39-23)38-27(43)17-40-14-11-19(12-15-40)30(33,34)35/h1-9,16,19,24,42H,10-15,17H2,(H,36,44)(H,38,43)/t24-/m1/s1. The summed E-state index contributed by atoms with van der Waals surface area (Å²) in [7, 11) is 0. The first kappa shape index (κ1) is 31.4. The lowest BCUT2D eigenvalue weighted by Crippen LogP contribution is -2.42. The number of fused-ring (bicyclic) bond motifs is 1. The number of nitrogens with zero attached hydrogens (tertiary/aromatic N) is 4. The molecule has 1 atom stereocenters. The number of carbonyl (C=O) groups excluding carboxylic acids is 2. The number of hydrogen-bond acceptors (Lipinski definition) is 6. The van der Waals surface area contributed by atoms with Crippen LogP contribution in [0.5, 0.6) is 0 Å². The number of rotatable bonds is 9. The van der Waals surface area contributed by atoms with E-state index >= 15 is 4.39 Å². The summed E-state index contributed by atoms with van der Waals surface area (Å²) in [4.78, 5) is 31.2. The van der Waals surface area contributed by atoms with Crippen molar-refractivity contribution in [1.82, 2.24) is 24.8 Å². The van der Waals surface area contributed by atoms with Crippen molar-refractivity contribution in [1.29, 1.82) is 0 Å². The number of alkyl halides is 3. The molecular formula is C30H29ClF4N6O3. The van der Waals surface area contributed by atoms with Crippen LogP contribution in [-0.2, 0) is 4.79 Å². The number of aliphatic hydroxyl groups is 1. The van der Waals surface area contributed by atoms with Crippen molar-refractivity contribution in [2.75, 3.05) is 31.5 Å². The molecule has 4 aromatic rings. The van der Waals surface area contributed by atoms with Crippen LogP contribution in [0.4, 0.5) is 23.4 Å². The summed E-state index contributed by atoms with van der Waals surface area (Å²) >= 11 is 5.87. The molecule has 1 saturated heterocycles. The molecule has 9 nitrogen and oxygen atoms in total. The summed E-state index contributed by atoms with van der Waals surface area (Å²) < 4.78 is 55.5. The molecule has 1 fully saturated rings. The summed E-state index contributed by atoms with van der Waals surface area (Å²) in [5, 5.41) is 20.5. The average Bonchev–Trinajstić information content (AvgIpc) is 3.38. The minimum atomic E-state index is -4.23. The Morgan fingerprint density at radius 3 is 2.50 bits per heavy atom. The minimum Gasteiger partial charge on any atom is -0.388 e. The Labute approximate surface area is 254 Å². The van der Waals surface area contributed by atoms with Crippen LogP contribution < -0.4 is 10.6 Å². The highest BCUT2D eigenvalue weighted by atomic mass is 35.5. The van der Waals surface area contributed by atoms with E-state index in [1.165, 1.54) is 35.0 Å². The van der Waals surface area contributed by atoms with Crippen molar-refractivity contribution in [2.45, 2.75) is 31.5 Å². The van der Waals surface area contributed by atoms with E-state index in [-0.39, 0.29) is 68.1 Å². The van der Waals surface area contributed by atoms with E-state index in [0.29, 0.717) is 16.2 Å². The normalized spacial score (nSPS) is 15.3. The number of benzene rings is 2. The number of anilines is 1. The molecule has 232 valence electrons. The molecule has 3 heterocycles. The van der Waals surface area contributed by atoms with E-state index in [0.717, 1.165) is 0 Å². The van der Waals surface area contributed by atoms with Gasteiger partial charge in [0.2, 0.25) is 5.91 Å². The van der Waals surface area contributed by atoms with E-state index in [1.807, 2.05) is 0 Å². The van der Waals surface area contributed by atoms with Gasteiger partial charge in [0.1, 0.15) is 5.82 Å². The molecule has 3 N–H and O–H groups in total. The monoisotopic (exact) mass is 632 g/mol. The molecule has 1 aliphatic rings.